The summed E-state index contributed by atoms with van der Waals surface area (Å²) in [6.07, 6.45) is 0. The first kappa shape index (κ1) is 12.5. The van der Waals surface area contributed by atoms with E-state index in [0.717, 1.165) is 10.3 Å². The van der Waals surface area contributed by atoms with Crippen LogP contribution in [0.2, 0.25) is 0 Å². The smallest absolute Gasteiger partial charge is 0.354 e. The van der Waals surface area contributed by atoms with Crippen LogP contribution >= 0.6 is 11.3 Å². The Balaban J connectivity index is 0.00000128. The van der Waals surface area contributed by atoms with Crippen molar-refractivity contribution in [1.82, 2.24) is 9.97 Å². The number of H-pyrrole nitrogens is 1. The van der Waals surface area contributed by atoms with Crippen molar-refractivity contribution in [2.45, 2.75) is 14.4 Å². The third-order valence-corrected chi connectivity index (χ3v) is 2.78. The maximum absolute atomic E-state index is 11.4. The molecule has 0 aromatic carbocycles. The van der Waals surface area contributed by atoms with E-state index in [4.69, 9.17) is 9.47 Å². The van der Waals surface area contributed by atoms with Crippen LogP contribution in [0, 0.1) is 0 Å². The topological polar surface area (TPSA) is 64.2 Å². The number of nitrogens with zero attached hydrogens (tertiary/aromatic N) is 1. The van der Waals surface area contributed by atoms with E-state index in [2.05, 4.69) is 9.97 Å². The normalized spacial score (nSPS) is 9.88. The van der Waals surface area contributed by atoms with Crippen molar-refractivity contribution < 1.29 is 14.3 Å². The summed E-state index contributed by atoms with van der Waals surface area (Å²) in [5.74, 6) is -0.360. The predicted molar refractivity (Wildman–Crippen MR) is 63.2 cm³/mol. The average Bonchev–Trinajstić information content (AvgIpc) is 2.74. The van der Waals surface area contributed by atoms with Gasteiger partial charge in [-0.2, -0.15) is 0 Å². The number of methoxy groups -OCH3 is 1. The SMILES string of the molecule is C.CCOC(=O)c1cc2nc(OC)sc2[nH]1. The van der Waals surface area contributed by atoms with Gasteiger partial charge < -0.3 is 14.5 Å². The van der Waals surface area contributed by atoms with Crippen LogP contribution in [0.15, 0.2) is 6.07 Å². The predicted octanol–water partition coefficient (Wildman–Crippen LogP) is 2.45. The third-order valence-electron chi connectivity index (χ3n) is 1.83. The number of fused-ring (bicyclic) bond motifs is 1. The van der Waals surface area contributed by atoms with Crippen molar-refractivity contribution in [1.29, 1.82) is 0 Å². The van der Waals surface area contributed by atoms with Gasteiger partial charge in [0.15, 0.2) is 0 Å². The first-order chi connectivity index (χ1) is 7.24. The highest BCUT2D eigenvalue weighted by molar-refractivity contribution is 7.19. The van der Waals surface area contributed by atoms with Gasteiger partial charge in [-0.15, -0.1) is 0 Å². The molecule has 2 aromatic heterocycles. The number of esters is 1. The highest BCUT2D eigenvalue weighted by Gasteiger charge is 2.13. The summed E-state index contributed by atoms with van der Waals surface area (Å²) in [6, 6.07) is 1.66. The summed E-state index contributed by atoms with van der Waals surface area (Å²) in [7, 11) is 1.56. The first-order valence-electron chi connectivity index (χ1n) is 4.45. The van der Waals surface area contributed by atoms with Crippen molar-refractivity contribution in [3.05, 3.63) is 11.8 Å². The van der Waals surface area contributed by atoms with Crippen LogP contribution in [0.3, 0.4) is 0 Å². The summed E-state index contributed by atoms with van der Waals surface area (Å²) in [5.41, 5.74) is 1.15. The molecule has 0 saturated carbocycles. The lowest BCUT2D eigenvalue weighted by molar-refractivity contribution is 0.0520. The molecular formula is C10H14N2O3S. The molecule has 2 rings (SSSR count). The highest BCUT2D eigenvalue weighted by Crippen LogP contribution is 2.27. The second-order valence-corrected chi connectivity index (χ2v) is 3.76. The van der Waals surface area contributed by atoms with Crippen molar-refractivity contribution in [3.8, 4) is 5.19 Å². The molecule has 0 spiro atoms. The van der Waals surface area contributed by atoms with Crippen molar-refractivity contribution in [3.63, 3.8) is 0 Å². The van der Waals surface area contributed by atoms with Gasteiger partial charge in [-0.25, -0.2) is 9.78 Å². The van der Waals surface area contributed by atoms with E-state index in [0.29, 0.717) is 17.5 Å². The van der Waals surface area contributed by atoms with Gasteiger partial charge in [0.25, 0.3) is 5.19 Å². The molecule has 2 aromatic rings. The summed E-state index contributed by atoms with van der Waals surface area (Å²) >= 11 is 1.36. The highest BCUT2D eigenvalue weighted by atomic mass is 32.1. The minimum atomic E-state index is -0.360. The maximum atomic E-state index is 11.4. The number of carbonyl (C=O) groups excluding carboxylic acids is 1. The number of carbonyl (C=O) groups is 1. The molecule has 0 amide bonds. The lowest BCUT2D eigenvalue weighted by Gasteiger charge is -1.96. The number of ether oxygens (including phenoxy) is 2. The largest absolute Gasteiger partial charge is 0.473 e. The summed E-state index contributed by atoms with van der Waals surface area (Å²) in [5, 5.41) is 0.576. The van der Waals surface area contributed by atoms with Gasteiger partial charge in [0.2, 0.25) is 0 Å². The molecule has 0 atom stereocenters. The van der Waals surface area contributed by atoms with E-state index in [1.807, 2.05) is 0 Å². The number of aromatic nitrogens is 2. The van der Waals surface area contributed by atoms with Gasteiger partial charge in [-0.3, -0.25) is 0 Å². The second kappa shape index (κ2) is 4.98. The Hall–Kier alpha value is -1.56. The van der Waals surface area contributed by atoms with Crippen LogP contribution in [0.25, 0.3) is 10.3 Å². The molecule has 88 valence electrons. The zero-order valence-corrected chi connectivity index (χ0v) is 9.18. The van der Waals surface area contributed by atoms with Crippen LogP contribution in [0.5, 0.6) is 5.19 Å². The van der Waals surface area contributed by atoms with Gasteiger partial charge in [-0.1, -0.05) is 18.8 Å². The zero-order chi connectivity index (χ0) is 10.8. The molecule has 0 aliphatic heterocycles. The van der Waals surface area contributed by atoms with Crippen molar-refractivity contribution >= 4 is 27.7 Å². The van der Waals surface area contributed by atoms with Crippen LogP contribution in [0.1, 0.15) is 24.8 Å². The summed E-state index contributed by atoms with van der Waals surface area (Å²) < 4.78 is 9.84. The Kier molecular flexibility index (Phi) is 3.89. The van der Waals surface area contributed by atoms with Gasteiger partial charge in [0, 0.05) is 0 Å². The van der Waals surface area contributed by atoms with Crippen LogP contribution in [0.4, 0.5) is 0 Å². The van der Waals surface area contributed by atoms with Crippen LogP contribution in [-0.2, 0) is 4.74 Å². The van der Waals surface area contributed by atoms with E-state index < -0.39 is 0 Å². The molecule has 6 heteroatoms. The fourth-order valence-electron chi connectivity index (χ4n) is 1.20. The Morgan fingerprint density at radius 2 is 2.38 bits per heavy atom. The number of hydrogen-bond acceptors (Lipinski definition) is 5. The fourth-order valence-corrected chi connectivity index (χ4v) is 1.97. The van der Waals surface area contributed by atoms with E-state index in [1.54, 1.807) is 20.1 Å². The number of nitrogens with one attached hydrogen (secondary N) is 1. The molecule has 0 saturated heterocycles. The maximum Gasteiger partial charge on any atom is 0.354 e. The molecule has 0 aliphatic rings. The third kappa shape index (κ3) is 2.16. The Labute approximate surface area is 97.4 Å². The number of thiazole rings is 1. The standard InChI is InChI=1S/C9H10N2O3S.CH4/c1-3-14-8(12)6-4-5-7(10-6)15-9(11-5)13-2;/h4,10H,3H2,1-2H3;1H4. The monoisotopic (exact) mass is 242 g/mol. The van der Waals surface area contributed by atoms with E-state index in [1.165, 1.54) is 11.3 Å². The molecule has 2 heterocycles. The molecule has 0 bridgehead atoms. The fraction of sp³-hybridized carbons (Fsp3) is 0.400. The molecule has 0 aliphatic carbocycles. The van der Waals surface area contributed by atoms with E-state index in [9.17, 15) is 4.79 Å². The van der Waals surface area contributed by atoms with Crippen molar-refractivity contribution in [2.24, 2.45) is 0 Å². The molecule has 0 radical (unpaired) electrons. The zero-order valence-electron chi connectivity index (χ0n) is 8.36. The lowest BCUT2D eigenvalue weighted by Crippen LogP contribution is -2.04. The molecule has 5 nitrogen and oxygen atoms in total. The van der Waals surface area contributed by atoms with E-state index in [-0.39, 0.29) is 13.4 Å². The molecule has 0 unspecified atom stereocenters. The van der Waals surface area contributed by atoms with Gasteiger partial charge in [-0.05, 0) is 13.0 Å². The molecule has 0 fully saturated rings. The number of rotatable bonds is 3. The number of aromatic amines is 1. The van der Waals surface area contributed by atoms with Gasteiger partial charge in [0.05, 0.1) is 13.7 Å². The summed E-state index contributed by atoms with van der Waals surface area (Å²) in [6.45, 7) is 2.13. The quantitative estimate of drug-likeness (QED) is 0.840. The molecular weight excluding hydrogens is 228 g/mol. The lowest BCUT2D eigenvalue weighted by atomic mass is 10.4. The number of hydrogen-bond donors (Lipinski definition) is 1. The van der Waals surface area contributed by atoms with Crippen LogP contribution in [-0.4, -0.2) is 29.7 Å². The molecule has 16 heavy (non-hydrogen) atoms. The van der Waals surface area contributed by atoms with Crippen molar-refractivity contribution in [2.75, 3.05) is 13.7 Å². The second-order valence-electron chi connectivity index (χ2n) is 2.80. The Morgan fingerprint density at radius 3 is 2.94 bits per heavy atom. The Morgan fingerprint density at radius 1 is 1.62 bits per heavy atom. The molecule has 1 N–H and O–H groups in total. The van der Waals surface area contributed by atoms with Crippen LogP contribution < -0.4 is 4.74 Å². The minimum absolute atomic E-state index is 0. The summed E-state index contributed by atoms with van der Waals surface area (Å²) in [4.78, 5) is 19.3. The van der Waals surface area contributed by atoms with Gasteiger partial charge >= 0.3 is 5.97 Å². The van der Waals surface area contributed by atoms with Gasteiger partial charge in [0.1, 0.15) is 16.0 Å². The Bertz CT molecular complexity index is 458. The average molecular weight is 242 g/mol. The minimum Gasteiger partial charge on any atom is -0.473 e. The van der Waals surface area contributed by atoms with E-state index >= 15 is 0 Å². The first-order valence-corrected chi connectivity index (χ1v) is 5.27.